The minimum absolute atomic E-state index is 0.403. The minimum atomic E-state index is -3.08. The second-order valence-corrected chi connectivity index (χ2v) is 5.55. The van der Waals surface area contributed by atoms with Gasteiger partial charge in [-0.15, -0.1) is 11.6 Å². The molecule has 1 atom stereocenters. The van der Waals surface area contributed by atoms with E-state index >= 15 is 0 Å². The van der Waals surface area contributed by atoms with Crippen molar-refractivity contribution in [2.75, 3.05) is 12.4 Å². The highest BCUT2D eigenvalue weighted by molar-refractivity contribution is 6.28. The van der Waals surface area contributed by atoms with E-state index in [0.717, 1.165) is 4.90 Å². The van der Waals surface area contributed by atoms with Crippen molar-refractivity contribution >= 4 is 23.5 Å². The summed E-state index contributed by atoms with van der Waals surface area (Å²) in [6.45, 7) is 4.06. The fourth-order valence-corrected chi connectivity index (χ4v) is 1.88. The summed E-state index contributed by atoms with van der Waals surface area (Å²) in [7, 11) is 0. The molecule has 0 radical (unpaired) electrons. The molecule has 18 heavy (non-hydrogen) atoms. The summed E-state index contributed by atoms with van der Waals surface area (Å²) in [5.41, 5.74) is -0.802. The number of carbonyl (C=O) groups excluding carboxylic acids is 2. The van der Waals surface area contributed by atoms with Gasteiger partial charge in [-0.3, -0.25) is 9.69 Å². The van der Waals surface area contributed by atoms with Crippen LogP contribution in [-0.2, 0) is 9.53 Å². The molecule has 0 aromatic carbocycles. The Balaban J connectivity index is 2.84. The molecule has 1 fully saturated rings. The van der Waals surface area contributed by atoms with Crippen LogP contribution in [0.5, 0.6) is 0 Å². The van der Waals surface area contributed by atoms with Crippen molar-refractivity contribution in [1.82, 2.24) is 4.90 Å². The second kappa shape index (κ2) is 4.99. The Morgan fingerprint density at radius 1 is 1.44 bits per heavy atom. The first-order chi connectivity index (χ1) is 8.06. The van der Waals surface area contributed by atoms with E-state index in [0.29, 0.717) is 0 Å². The van der Waals surface area contributed by atoms with E-state index in [1.807, 2.05) is 0 Å². The zero-order chi connectivity index (χ0) is 14.1. The molecule has 1 rings (SSSR count). The molecule has 1 heterocycles. The largest absolute Gasteiger partial charge is 0.444 e. The Labute approximate surface area is 109 Å². The fourth-order valence-electron chi connectivity index (χ4n) is 1.71. The van der Waals surface area contributed by atoms with E-state index in [1.54, 1.807) is 20.8 Å². The van der Waals surface area contributed by atoms with E-state index in [9.17, 15) is 18.4 Å². The highest BCUT2D eigenvalue weighted by Crippen LogP contribution is 2.33. The fraction of sp³-hybridized carbons (Fsp3) is 0.818. The molecule has 0 N–H and O–H groups in total. The SMILES string of the molecule is CC(C)(C)OC(=O)N1CC(F)(F)C[C@H]1C(=O)CCl. The zero-order valence-electron chi connectivity index (χ0n) is 10.5. The van der Waals surface area contributed by atoms with Crippen LogP contribution in [0.1, 0.15) is 27.2 Å². The van der Waals surface area contributed by atoms with Crippen molar-refractivity contribution in [2.45, 2.75) is 44.8 Å². The third-order valence-corrected chi connectivity index (χ3v) is 2.66. The molecular weight excluding hydrogens is 268 g/mol. The lowest BCUT2D eigenvalue weighted by atomic mass is 10.1. The Morgan fingerprint density at radius 3 is 2.44 bits per heavy atom. The van der Waals surface area contributed by atoms with Crippen molar-refractivity contribution in [1.29, 1.82) is 0 Å². The quantitative estimate of drug-likeness (QED) is 0.731. The molecular formula is C11H16ClF2NO3. The first-order valence-corrected chi connectivity index (χ1v) is 6.05. The lowest BCUT2D eigenvalue weighted by Crippen LogP contribution is -2.44. The molecule has 1 amide bonds. The number of amides is 1. The number of hydrogen-bond acceptors (Lipinski definition) is 3. The summed E-state index contributed by atoms with van der Waals surface area (Å²) in [6.07, 6.45) is -1.61. The summed E-state index contributed by atoms with van der Waals surface area (Å²) < 4.78 is 31.6. The van der Waals surface area contributed by atoms with Gasteiger partial charge in [0, 0.05) is 6.42 Å². The smallest absolute Gasteiger partial charge is 0.411 e. The minimum Gasteiger partial charge on any atom is -0.444 e. The maximum Gasteiger partial charge on any atom is 0.411 e. The van der Waals surface area contributed by atoms with Crippen molar-refractivity contribution in [2.24, 2.45) is 0 Å². The lowest BCUT2D eigenvalue weighted by molar-refractivity contribution is -0.121. The van der Waals surface area contributed by atoms with E-state index in [4.69, 9.17) is 16.3 Å². The summed E-state index contributed by atoms with van der Waals surface area (Å²) in [5.74, 6) is -4.08. The number of halogens is 3. The van der Waals surface area contributed by atoms with Crippen LogP contribution >= 0.6 is 11.6 Å². The Kier molecular flexibility index (Phi) is 4.20. The molecule has 1 saturated heterocycles. The average molecular weight is 284 g/mol. The molecule has 4 nitrogen and oxygen atoms in total. The predicted molar refractivity (Wildman–Crippen MR) is 62.0 cm³/mol. The number of nitrogens with zero attached hydrogens (tertiary/aromatic N) is 1. The van der Waals surface area contributed by atoms with Crippen LogP contribution in [0.4, 0.5) is 13.6 Å². The van der Waals surface area contributed by atoms with Crippen LogP contribution in [0, 0.1) is 0 Å². The van der Waals surface area contributed by atoms with Crippen LogP contribution < -0.4 is 0 Å². The number of alkyl halides is 3. The molecule has 1 aliphatic rings. The molecule has 0 aromatic heterocycles. The van der Waals surface area contributed by atoms with Gasteiger partial charge in [-0.2, -0.15) is 0 Å². The Morgan fingerprint density at radius 2 is 2.00 bits per heavy atom. The predicted octanol–water partition coefficient (Wildman–Crippen LogP) is 2.44. The number of carbonyl (C=O) groups is 2. The number of likely N-dealkylation sites (tertiary alicyclic amines) is 1. The summed E-state index contributed by atoms with van der Waals surface area (Å²) >= 11 is 5.36. The first-order valence-electron chi connectivity index (χ1n) is 5.52. The lowest BCUT2D eigenvalue weighted by Gasteiger charge is -2.27. The molecule has 0 aromatic rings. The number of Topliss-reactive ketones (excluding diaryl/α,β-unsaturated/α-hetero) is 1. The van der Waals surface area contributed by atoms with Gasteiger partial charge < -0.3 is 4.74 Å². The van der Waals surface area contributed by atoms with E-state index in [2.05, 4.69) is 0 Å². The van der Waals surface area contributed by atoms with E-state index in [-0.39, 0.29) is 0 Å². The van der Waals surface area contributed by atoms with E-state index in [1.165, 1.54) is 0 Å². The number of ether oxygens (including phenoxy) is 1. The molecule has 0 saturated carbocycles. The molecule has 7 heteroatoms. The van der Waals surface area contributed by atoms with Crippen molar-refractivity contribution in [3.63, 3.8) is 0 Å². The van der Waals surface area contributed by atoms with Crippen LogP contribution in [0.25, 0.3) is 0 Å². The first kappa shape index (κ1) is 15.1. The van der Waals surface area contributed by atoms with Gasteiger partial charge in [0.1, 0.15) is 11.6 Å². The second-order valence-electron chi connectivity index (χ2n) is 5.28. The van der Waals surface area contributed by atoms with E-state index < -0.39 is 48.3 Å². The number of rotatable bonds is 2. The third kappa shape index (κ3) is 3.80. The van der Waals surface area contributed by atoms with Crippen molar-refractivity contribution < 1.29 is 23.1 Å². The van der Waals surface area contributed by atoms with Gasteiger partial charge >= 0.3 is 6.09 Å². The summed E-state index contributed by atoms with van der Waals surface area (Å²) in [5, 5.41) is 0. The summed E-state index contributed by atoms with van der Waals surface area (Å²) in [6, 6.07) is -1.20. The van der Waals surface area contributed by atoms with Gasteiger partial charge in [0.25, 0.3) is 5.92 Å². The molecule has 0 aliphatic carbocycles. The highest BCUT2D eigenvalue weighted by Gasteiger charge is 2.50. The highest BCUT2D eigenvalue weighted by atomic mass is 35.5. The molecule has 0 bridgehead atoms. The normalized spacial score (nSPS) is 23.0. The maximum atomic E-state index is 13.3. The van der Waals surface area contributed by atoms with Gasteiger partial charge in [-0.05, 0) is 20.8 Å². The standard InChI is InChI=1S/C11H16ClF2NO3/c1-10(2,3)18-9(17)15-6-11(13,14)4-7(15)8(16)5-12/h7H,4-6H2,1-3H3/t7-/m0/s1. The van der Waals surface area contributed by atoms with Gasteiger partial charge in [0.05, 0.1) is 12.4 Å². The van der Waals surface area contributed by atoms with Gasteiger partial charge in [-0.25, -0.2) is 13.6 Å². The molecule has 1 aliphatic heterocycles. The average Bonchev–Trinajstić information content (AvgIpc) is 2.51. The summed E-state index contributed by atoms with van der Waals surface area (Å²) in [4.78, 5) is 24.0. The number of ketones is 1. The van der Waals surface area contributed by atoms with Crippen LogP contribution in [-0.4, -0.2) is 46.8 Å². The zero-order valence-corrected chi connectivity index (χ0v) is 11.3. The maximum absolute atomic E-state index is 13.3. The molecule has 104 valence electrons. The third-order valence-electron chi connectivity index (χ3n) is 2.40. The monoisotopic (exact) mass is 283 g/mol. The molecule has 0 spiro atoms. The van der Waals surface area contributed by atoms with Crippen LogP contribution in [0.15, 0.2) is 0 Å². The van der Waals surface area contributed by atoms with Gasteiger partial charge in [-0.1, -0.05) is 0 Å². The van der Waals surface area contributed by atoms with Crippen molar-refractivity contribution in [3.05, 3.63) is 0 Å². The Bertz CT molecular complexity index is 355. The molecule has 0 unspecified atom stereocenters. The van der Waals surface area contributed by atoms with Gasteiger partial charge in [0.15, 0.2) is 5.78 Å². The van der Waals surface area contributed by atoms with Crippen LogP contribution in [0.2, 0.25) is 0 Å². The van der Waals surface area contributed by atoms with Gasteiger partial charge in [0.2, 0.25) is 0 Å². The Hall–Kier alpha value is -0.910. The topological polar surface area (TPSA) is 46.6 Å². The van der Waals surface area contributed by atoms with Crippen LogP contribution in [0.3, 0.4) is 0 Å². The van der Waals surface area contributed by atoms with Crippen molar-refractivity contribution in [3.8, 4) is 0 Å². The number of hydrogen-bond donors (Lipinski definition) is 0.